The van der Waals surface area contributed by atoms with Crippen molar-refractivity contribution in [1.82, 2.24) is 10.3 Å². The number of ether oxygens (including phenoxy) is 1. The zero-order chi connectivity index (χ0) is 24.2. The lowest BCUT2D eigenvalue weighted by molar-refractivity contribution is -0.120. The van der Waals surface area contributed by atoms with E-state index < -0.39 is 0 Å². The third-order valence-corrected chi connectivity index (χ3v) is 7.46. The van der Waals surface area contributed by atoms with Gasteiger partial charge >= 0.3 is 6.09 Å². The molecule has 2 aliphatic heterocycles. The number of aromatic nitrogens is 1. The van der Waals surface area contributed by atoms with Crippen molar-refractivity contribution in [2.75, 3.05) is 54.0 Å². The topological polar surface area (TPSA) is 78.0 Å². The molecule has 8 nitrogen and oxygen atoms in total. The molecule has 35 heavy (non-hydrogen) atoms. The second kappa shape index (κ2) is 10.7. The highest BCUT2D eigenvalue weighted by molar-refractivity contribution is 9.10. The van der Waals surface area contributed by atoms with Crippen molar-refractivity contribution in [3.8, 4) is 0 Å². The van der Waals surface area contributed by atoms with Crippen molar-refractivity contribution in [3.63, 3.8) is 0 Å². The van der Waals surface area contributed by atoms with Crippen LogP contribution in [0.25, 0.3) is 0 Å². The van der Waals surface area contributed by atoms with Crippen LogP contribution >= 0.6 is 27.3 Å². The maximum atomic E-state index is 12.4. The van der Waals surface area contributed by atoms with Crippen LogP contribution in [0.3, 0.4) is 0 Å². The van der Waals surface area contributed by atoms with Crippen LogP contribution in [0, 0.1) is 0 Å². The third-order valence-electron chi connectivity index (χ3n) is 6.15. The Hall–Kier alpha value is -3.11. The van der Waals surface area contributed by atoms with Crippen molar-refractivity contribution in [2.24, 2.45) is 0 Å². The predicted octanol–water partition coefficient (Wildman–Crippen LogP) is 3.92. The van der Waals surface area contributed by atoms with E-state index in [1.54, 1.807) is 16.2 Å². The Balaban J connectivity index is 1.12. The standard InChI is InChI=1S/C25H26BrN5O3S/c26-22-4-1-5-23(28-22)30-12-10-29(11-13-30)18-6-8-19(9-7-18)31-17-20(34-25(31)33)16-27-24(32)15-21-3-2-14-35-21/h1-9,14,20H,10-13,15-17H2,(H,27,32). The fourth-order valence-electron chi connectivity index (χ4n) is 4.31. The number of carbonyl (C=O) groups excluding carboxylic acids is 2. The van der Waals surface area contributed by atoms with Gasteiger partial charge in [0.2, 0.25) is 5.91 Å². The summed E-state index contributed by atoms with van der Waals surface area (Å²) in [5, 5.41) is 4.82. The van der Waals surface area contributed by atoms with Crippen LogP contribution in [0.1, 0.15) is 4.88 Å². The quantitative estimate of drug-likeness (QED) is 0.445. The molecule has 0 bridgehead atoms. The van der Waals surface area contributed by atoms with Crippen molar-refractivity contribution in [1.29, 1.82) is 0 Å². The van der Waals surface area contributed by atoms with E-state index in [2.05, 4.69) is 36.0 Å². The average molecular weight is 556 g/mol. The van der Waals surface area contributed by atoms with Gasteiger partial charge in [-0.2, -0.15) is 0 Å². The smallest absolute Gasteiger partial charge is 0.414 e. The van der Waals surface area contributed by atoms with E-state index in [4.69, 9.17) is 4.74 Å². The molecule has 10 heteroatoms. The molecule has 0 spiro atoms. The molecule has 1 aromatic carbocycles. The van der Waals surface area contributed by atoms with Crippen LogP contribution in [0.5, 0.6) is 0 Å². The Labute approximate surface area is 216 Å². The highest BCUT2D eigenvalue weighted by Crippen LogP contribution is 2.26. The summed E-state index contributed by atoms with van der Waals surface area (Å²) in [5.41, 5.74) is 1.92. The molecule has 0 aliphatic carbocycles. The highest BCUT2D eigenvalue weighted by atomic mass is 79.9. The lowest BCUT2D eigenvalue weighted by atomic mass is 10.2. The van der Waals surface area contributed by atoms with Crippen molar-refractivity contribution >= 4 is 56.5 Å². The van der Waals surface area contributed by atoms with Gasteiger partial charge in [-0.1, -0.05) is 12.1 Å². The summed E-state index contributed by atoms with van der Waals surface area (Å²) in [6.07, 6.45) is -0.406. The Morgan fingerprint density at radius 3 is 2.49 bits per heavy atom. The zero-order valence-corrected chi connectivity index (χ0v) is 21.5. The predicted molar refractivity (Wildman–Crippen MR) is 141 cm³/mol. The monoisotopic (exact) mass is 555 g/mol. The molecule has 1 atom stereocenters. The number of anilines is 3. The van der Waals surface area contributed by atoms with Gasteiger partial charge in [-0.3, -0.25) is 9.69 Å². The third kappa shape index (κ3) is 5.76. The number of hydrogen-bond acceptors (Lipinski definition) is 7. The number of nitrogens with zero attached hydrogens (tertiary/aromatic N) is 4. The minimum Gasteiger partial charge on any atom is -0.442 e. The Bertz CT molecular complexity index is 1170. The van der Waals surface area contributed by atoms with Crippen LogP contribution in [-0.2, 0) is 16.0 Å². The number of rotatable bonds is 7. The molecule has 1 unspecified atom stereocenters. The molecule has 1 N–H and O–H groups in total. The largest absolute Gasteiger partial charge is 0.442 e. The first-order valence-corrected chi connectivity index (χ1v) is 13.2. The number of carbonyl (C=O) groups is 2. The van der Waals surface area contributed by atoms with E-state index in [9.17, 15) is 9.59 Å². The molecular weight excluding hydrogens is 530 g/mol. The summed E-state index contributed by atoms with van der Waals surface area (Å²) in [5.74, 6) is 0.918. The van der Waals surface area contributed by atoms with Crippen LogP contribution < -0.4 is 20.0 Å². The molecule has 2 amide bonds. The SMILES string of the molecule is O=C(Cc1cccs1)NCC1CN(c2ccc(N3CCN(c4cccc(Br)n4)CC3)cc2)C(=O)O1. The lowest BCUT2D eigenvalue weighted by Gasteiger charge is -2.36. The molecule has 2 saturated heterocycles. The van der Waals surface area contributed by atoms with E-state index in [-0.39, 0.29) is 18.1 Å². The molecule has 4 heterocycles. The van der Waals surface area contributed by atoms with E-state index in [0.717, 1.165) is 52.9 Å². The van der Waals surface area contributed by atoms with Crippen molar-refractivity contribution < 1.29 is 14.3 Å². The van der Waals surface area contributed by atoms with Gasteiger partial charge in [0.25, 0.3) is 0 Å². The van der Waals surface area contributed by atoms with Crippen molar-refractivity contribution in [2.45, 2.75) is 12.5 Å². The van der Waals surface area contributed by atoms with Crippen LogP contribution in [0.15, 0.2) is 64.6 Å². The molecule has 0 radical (unpaired) electrons. The highest BCUT2D eigenvalue weighted by Gasteiger charge is 2.32. The minimum atomic E-state index is -0.384. The summed E-state index contributed by atoms with van der Waals surface area (Å²) in [7, 11) is 0. The van der Waals surface area contributed by atoms with Gasteiger partial charge in [-0.05, 0) is 63.8 Å². The van der Waals surface area contributed by atoms with Gasteiger partial charge in [0, 0.05) is 42.4 Å². The summed E-state index contributed by atoms with van der Waals surface area (Å²) >= 11 is 5.00. The normalized spacial score (nSPS) is 18.0. The molecule has 0 saturated carbocycles. The zero-order valence-electron chi connectivity index (χ0n) is 19.1. The number of piperazine rings is 1. The summed E-state index contributed by atoms with van der Waals surface area (Å²) in [6, 6.07) is 17.8. The van der Waals surface area contributed by atoms with E-state index >= 15 is 0 Å². The summed E-state index contributed by atoms with van der Waals surface area (Å²) < 4.78 is 6.32. The first-order valence-electron chi connectivity index (χ1n) is 11.5. The molecule has 182 valence electrons. The fraction of sp³-hybridized carbons (Fsp3) is 0.320. The number of nitrogens with one attached hydrogen (secondary N) is 1. The minimum absolute atomic E-state index is 0.0675. The number of pyridine rings is 1. The molecule has 2 fully saturated rings. The van der Waals surface area contributed by atoms with Crippen LogP contribution in [0.2, 0.25) is 0 Å². The second-order valence-electron chi connectivity index (χ2n) is 8.49. The van der Waals surface area contributed by atoms with Gasteiger partial charge in [0.1, 0.15) is 16.5 Å². The number of halogens is 1. The average Bonchev–Trinajstić information content (AvgIpc) is 3.52. The summed E-state index contributed by atoms with van der Waals surface area (Å²) in [4.78, 5) is 36.4. The number of benzene rings is 1. The number of cyclic esters (lactones) is 1. The van der Waals surface area contributed by atoms with E-state index in [0.29, 0.717) is 19.5 Å². The molecular formula is C25H26BrN5O3S. The Morgan fingerprint density at radius 1 is 1.03 bits per heavy atom. The molecule has 2 aliphatic rings. The maximum Gasteiger partial charge on any atom is 0.414 e. The van der Waals surface area contributed by atoms with Crippen molar-refractivity contribution in [3.05, 3.63) is 69.5 Å². The van der Waals surface area contributed by atoms with Gasteiger partial charge < -0.3 is 19.9 Å². The van der Waals surface area contributed by atoms with Gasteiger partial charge in [-0.15, -0.1) is 11.3 Å². The molecule has 3 aromatic rings. The van der Waals surface area contributed by atoms with Crippen LogP contribution in [-0.4, -0.2) is 62.4 Å². The fourth-order valence-corrected chi connectivity index (χ4v) is 5.35. The van der Waals surface area contributed by atoms with E-state index in [1.807, 2.05) is 60.0 Å². The first kappa shape index (κ1) is 23.6. The lowest BCUT2D eigenvalue weighted by Crippen LogP contribution is -2.46. The maximum absolute atomic E-state index is 12.4. The molecule has 5 rings (SSSR count). The van der Waals surface area contributed by atoms with Gasteiger partial charge in [0.05, 0.1) is 19.5 Å². The number of hydrogen-bond donors (Lipinski definition) is 1. The number of thiophene rings is 1. The Morgan fingerprint density at radius 2 is 1.77 bits per heavy atom. The number of amides is 2. The van der Waals surface area contributed by atoms with Gasteiger partial charge in [0.15, 0.2) is 0 Å². The Kier molecular flexibility index (Phi) is 7.19. The van der Waals surface area contributed by atoms with Crippen LogP contribution in [0.4, 0.5) is 22.0 Å². The van der Waals surface area contributed by atoms with E-state index in [1.165, 1.54) is 0 Å². The van der Waals surface area contributed by atoms with Gasteiger partial charge in [-0.25, -0.2) is 9.78 Å². The summed E-state index contributed by atoms with van der Waals surface area (Å²) in [6.45, 7) is 4.30. The first-order chi connectivity index (χ1) is 17.0. The second-order valence-corrected chi connectivity index (χ2v) is 10.3. The molecule has 2 aromatic heterocycles.